The van der Waals surface area contributed by atoms with Crippen molar-refractivity contribution in [2.75, 3.05) is 11.4 Å². The van der Waals surface area contributed by atoms with Crippen LogP contribution in [0.3, 0.4) is 0 Å². The van der Waals surface area contributed by atoms with Gasteiger partial charge < -0.3 is 19.1 Å². The van der Waals surface area contributed by atoms with Crippen LogP contribution in [0.4, 0.5) is 5.82 Å². The van der Waals surface area contributed by atoms with Gasteiger partial charge in [0.1, 0.15) is 6.10 Å². The molecule has 40 heavy (non-hydrogen) atoms. The van der Waals surface area contributed by atoms with E-state index in [9.17, 15) is 9.59 Å². The summed E-state index contributed by atoms with van der Waals surface area (Å²) in [5.74, 6) is -0.316. The second-order valence-electron chi connectivity index (χ2n) is 11.1. The van der Waals surface area contributed by atoms with E-state index in [1.807, 2.05) is 6.92 Å². The molecule has 1 aromatic carbocycles. The van der Waals surface area contributed by atoms with Crippen molar-refractivity contribution in [2.24, 2.45) is 0 Å². The van der Waals surface area contributed by atoms with Crippen molar-refractivity contribution >= 4 is 40.5 Å². The van der Waals surface area contributed by atoms with E-state index in [-0.39, 0.29) is 10.7 Å². The average molecular weight is 568 g/mol. The first kappa shape index (κ1) is 27.0. The minimum atomic E-state index is -0.881. The summed E-state index contributed by atoms with van der Waals surface area (Å²) in [4.78, 5) is 40.2. The molecule has 212 valence electrons. The summed E-state index contributed by atoms with van der Waals surface area (Å²) in [5, 5.41) is 0.0893. The van der Waals surface area contributed by atoms with Gasteiger partial charge in [0, 0.05) is 32.4 Å². The van der Waals surface area contributed by atoms with Crippen LogP contribution in [0, 0.1) is 0 Å². The minimum Gasteiger partial charge on any atom is -0.456 e. The highest BCUT2D eigenvalue weighted by molar-refractivity contribution is 6.28. The lowest BCUT2D eigenvalue weighted by Gasteiger charge is -2.47. The summed E-state index contributed by atoms with van der Waals surface area (Å²) in [6, 6.07) is 8.71. The Balaban J connectivity index is 1.42. The van der Waals surface area contributed by atoms with Crippen LogP contribution in [0.2, 0.25) is 5.28 Å². The zero-order valence-electron chi connectivity index (χ0n) is 23.0. The first-order valence-corrected chi connectivity index (χ1v) is 14.4. The summed E-state index contributed by atoms with van der Waals surface area (Å²) in [7, 11) is 0. The van der Waals surface area contributed by atoms with Crippen molar-refractivity contribution in [2.45, 2.75) is 95.8 Å². The molecule has 0 radical (unpaired) electrons. The second-order valence-corrected chi connectivity index (χ2v) is 11.5. The fourth-order valence-corrected chi connectivity index (χ4v) is 7.05. The molecule has 0 amide bonds. The summed E-state index contributed by atoms with van der Waals surface area (Å²) >= 11 is 6.54. The molecule has 0 bridgehead atoms. The number of hydrogen-bond acceptors (Lipinski definition) is 9. The summed E-state index contributed by atoms with van der Waals surface area (Å²) < 4.78 is 19.2. The number of nitrogens with zero attached hydrogens (tertiary/aromatic N) is 5. The monoisotopic (exact) mass is 567 g/mol. The molecule has 3 aliphatic rings. The molecule has 2 fully saturated rings. The molecule has 1 aliphatic carbocycles. The van der Waals surface area contributed by atoms with Gasteiger partial charge in [0.25, 0.3) is 0 Å². The first-order chi connectivity index (χ1) is 19.3. The zero-order chi connectivity index (χ0) is 28.0. The van der Waals surface area contributed by atoms with Crippen molar-refractivity contribution in [3.63, 3.8) is 0 Å². The highest BCUT2D eigenvalue weighted by atomic mass is 35.5. The highest BCUT2D eigenvalue weighted by Crippen LogP contribution is 2.46. The Kier molecular flexibility index (Phi) is 7.16. The van der Waals surface area contributed by atoms with Gasteiger partial charge in [0.2, 0.25) is 5.28 Å². The van der Waals surface area contributed by atoms with Crippen LogP contribution in [0.1, 0.15) is 76.7 Å². The molecule has 10 nitrogen and oxygen atoms in total. The van der Waals surface area contributed by atoms with Gasteiger partial charge in [0.05, 0.1) is 6.33 Å². The number of halogens is 1. The van der Waals surface area contributed by atoms with Gasteiger partial charge >= 0.3 is 11.9 Å². The maximum Gasteiger partial charge on any atom is 0.303 e. The lowest BCUT2D eigenvalue weighted by Crippen LogP contribution is -2.47. The highest BCUT2D eigenvalue weighted by Gasteiger charge is 2.50. The van der Waals surface area contributed by atoms with Crippen molar-refractivity contribution in [1.29, 1.82) is 0 Å². The Hall–Kier alpha value is -3.24. The molecule has 2 aliphatic heterocycles. The molecule has 4 heterocycles. The quantitative estimate of drug-likeness (QED) is 0.315. The summed E-state index contributed by atoms with van der Waals surface area (Å²) in [5.41, 5.74) is 3.84. The normalized spacial score (nSPS) is 25.6. The average Bonchev–Trinajstić information content (AvgIpc) is 3.49. The van der Waals surface area contributed by atoms with Gasteiger partial charge in [-0.2, -0.15) is 9.97 Å². The van der Waals surface area contributed by atoms with E-state index in [0.717, 1.165) is 19.4 Å². The molecule has 1 saturated carbocycles. The lowest BCUT2D eigenvalue weighted by atomic mass is 9.66. The first-order valence-electron chi connectivity index (χ1n) is 14.0. The molecular weight excluding hydrogens is 534 g/mol. The largest absolute Gasteiger partial charge is 0.456 e. The van der Waals surface area contributed by atoms with Gasteiger partial charge in [-0.1, -0.05) is 50.5 Å². The van der Waals surface area contributed by atoms with E-state index in [1.165, 1.54) is 44.2 Å². The van der Waals surface area contributed by atoms with Crippen molar-refractivity contribution in [3.05, 3.63) is 47.0 Å². The summed E-state index contributed by atoms with van der Waals surface area (Å²) in [6.45, 7) is 6.08. The zero-order valence-corrected chi connectivity index (χ0v) is 23.8. The van der Waals surface area contributed by atoms with Gasteiger partial charge in [-0.25, -0.2) is 4.98 Å². The molecule has 3 aromatic rings. The van der Waals surface area contributed by atoms with Crippen LogP contribution in [0.25, 0.3) is 11.2 Å². The number of esters is 2. The number of carbonyl (C=O) groups is 2. The predicted octanol–water partition coefficient (Wildman–Crippen LogP) is 4.87. The van der Waals surface area contributed by atoms with Crippen molar-refractivity contribution in [1.82, 2.24) is 19.5 Å². The van der Waals surface area contributed by atoms with Gasteiger partial charge in [-0.3, -0.25) is 14.2 Å². The third kappa shape index (κ3) is 4.71. The van der Waals surface area contributed by atoms with E-state index in [2.05, 4.69) is 39.1 Å². The lowest BCUT2D eigenvalue weighted by molar-refractivity contribution is -0.165. The smallest absolute Gasteiger partial charge is 0.303 e. The summed E-state index contributed by atoms with van der Waals surface area (Å²) in [6.07, 6.45) is 5.15. The minimum absolute atomic E-state index is 0.0555. The van der Waals surface area contributed by atoms with Crippen LogP contribution in [-0.4, -0.2) is 56.3 Å². The van der Waals surface area contributed by atoms with E-state index in [4.69, 9.17) is 30.8 Å². The van der Waals surface area contributed by atoms with Gasteiger partial charge in [0.15, 0.2) is 35.4 Å². The van der Waals surface area contributed by atoms with Crippen LogP contribution >= 0.6 is 11.6 Å². The molecule has 6 rings (SSSR count). The number of benzene rings is 1. The van der Waals surface area contributed by atoms with E-state index < -0.39 is 36.5 Å². The van der Waals surface area contributed by atoms with Gasteiger partial charge in [-0.05, 0) is 42.0 Å². The standard InChI is InChI=1S/C29H34ClN5O5/c1-4-21-23(38-17(2)36)24(39-18(3)37)27(40-21)35-16-31-22-25(32-28(30)33-26(22)35)34-14-19-10-6-7-11-20(19)29(15-34)12-8-5-9-13-29/h6-7,10-11,16,21,23-24,27H,4-5,8-9,12-15H2,1-3H3/t21-,23+,24?,27-/m1/s1. The number of fused-ring (bicyclic) bond motifs is 3. The van der Waals surface area contributed by atoms with Crippen molar-refractivity contribution < 1.29 is 23.8 Å². The Morgan fingerprint density at radius 3 is 2.52 bits per heavy atom. The van der Waals surface area contributed by atoms with E-state index in [1.54, 1.807) is 10.9 Å². The van der Waals surface area contributed by atoms with Crippen LogP contribution in [0.5, 0.6) is 0 Å². The number of anilines is 1. The Morgan fingerprint density at radius 2 is 1.80 bits per heavy atom. The molecular formula is C29H34ClN5O5. The number of rotatable bonds is 5. The fourth-order valence-electron chi connectivity index (χ4n) is 6.89. The van der Waals surface area contributed by atoms with Crippen LogP contribution in [0.15, 0.2) is 30.6 Å². The molecule has 1 unspecified atom stereocenters. The topological polar surface area (TPSA) is 109 Å². The number of hydrogen-bond donors (Lipinski definition) is 0. The van der Waals surface area contributed by atoms with Crippen LogP contribution < -0.4 is 4.90 Å². The number of aromatic nitrogens is 4. The molecule has 1 saturated heterocycles. The number of carbonyl (C=O) groups excluding carboxylic acids is 2. The van der Waals surface area contributed by atoms with E-state index >= 15 is 0 Å². The maximum atomic E-state index is 12.1. The molecule has 1 spiro atoms. The predicted molar refractivity (Wildman–Crippen MR) is 148 cm³/mol. The van der Waals surface area contributed by atoms with Crippen LogP contribution in [-0.2, 0) is 35.8 Å². The molecule has 2 aromatic heterocycles. The number of imidazole rings is 1. The SMILES string of the molecule is CC[C@H]1O[C@@H](n2cnc3c(N4Cc5ccccc5C5(CCCCC5)C4)nc(Cl)nc32)C(OC(C)=O)[C@H]1OC(C)=O. The molecule has 4 atom stereocenters. The second kappa shape index (κ2) is 10.6. The molecule has 0 N–H and O–H groups in total. The Bertz CT molecular complexity index is 1440. The third-order valence-electron chi connectivity index (χ3n) is 8.50. The number of ether oxygens (including phenoxy) is 3. The van der Waals surface area contributed by atoms with Crippen molar-refractivity contribution in [3.8, 4) is 0 Å². The fraction of sp³-hybridized carbons (Fsp3) is 0.552. The van der Waals surface area contributed by atoms with E-state index in [0.29, 0.717) is 29.9 Å². The Labute approximate surface area is 238 Å². The molecule has 11 heteroatoms. The maximum absolute atomic E-state index is 12.1. The Morgan fingerprint density at radius 1 is 1.07 bits per heavy atom. The third-order valence-corrected chi connectivity index (χ3v) is 8.66. The van der Waals surface area contributed by atoms with Gasteiger partial charge in [-0.15, -0.1) is 0 Å².